The van der Waals surface area contributed by atoms with E-state index in [9.17, 15) is 0 Å². The van der Waals surface area contributed by atoms with Gasteiger partial charge in [0.15, 0.2) is 0 Å². The molecule has 0 aliphatic carbocycles. The van der Waals surface area contributed by atoms with Crippen molar-refractivity contribution >= 4 is 21.6 Å². The highest BCUT2D eigenvalue weighted by molar-refractivity contribution is 9.10. The summed E-state index contributed by atoms with van der Waals surface area (Å²) < 4.78 is 1.07. The van der Waals surface area contributed by atoms with E-state index >= 15 is 0 Å². The van der Waals surface area contributed by atoms with Crippen molar-refractivity contribution in [2.45, 2.75) is 25.5 Å². The Balaban J connectivity index is 2.11. The fourth-order valence-corrected chi connectivity index (χ4v) is 3.22. The van der Waals surface area contributed by atoms with Crippen molar-refractivity contribution < 1.29 is 5.11 Å². The Morgan fingerprint density at radius 2 is 2.06 bits per heavy atom. The van der Waals surface area contributed by atoms with Gasteiger partial charge in [-0.1, -0.05) is 6.07 Å². The van der Waals surface area contributed by atoms with E-state index in [4.69, 9.17) is 5.11 Å². The summed E-state index contributed by atoms with van der Waals surface area (Å²) in [5.74, 6) is 0. The first kappa shape index (κ1) is 13.8. The average molecular weight is 313 g/mol. The maximum absolute atomic E-state index is 9.13. The van der Waals surface area contributed by atoms with Crippen LogP contribution in [0.25, 0.3) is 0 Å². The number of anilines is 1. The van der Waals surface area contributed by atoms with Crippen LogP contribution < -0.4 is 4.90 Å². The molecule has 18 heavy (non-hydrogen) atoms. The van der Waals surface area contributed by atoms with Gasteiger partial charge in [-0.15, -0.1) is 0 Å². The van der Waals surface area contributed by atoms with Gasteiger partial charge in [0.1, 0.15) is 0 Å². The van der Waals surface area contributed by atoms with Gasteiger partial charge in [0, 0.05) is 17.6 Å². The molecule has 0 aromatic heterocycles. The number of piperidine rings is 1. The lowest BCUT2D eigenvalue weighted by atomic mass is 10.0. The molecule has 0 amide bonds. The van der Waals surface area contributed by atoms with Crippen LogP contribution in [0.3, 0.4) is 0 Å². The minimum atomic E-state index is 0.0941. The van der Waals surface area contributed by atoms with E-state index in [1.54, 1.807) is 0 Å². The minimum Gasteiger partial charge on any atom is -0.392 e. The van der Waals surface area contributed by atoms with Gasteiger partial charge < -0.3 is 14.9 Å². The van der Waals surface area contributed by atoms with Crippen LogP contribution in [0.5, 0.6) is 0 Å². The van der Waals surface area contributed by atoms with Crippen LogP contribution in [0.15, 0.2) is 22.7 Å². The van der Waals surface area contributed by atoms with Gasteiger partial charge in [0.05, 0.1) is 12.3 Å². The summed E-state index contributed by atoms with van der Waals surface area (Å²) in [6.45, 7) is 2.43. The van der Waals surface area contributed by atoms with Crippen molar-refractivity contribution in [2.24, 2.45) is 0 Å². The molecule has 1 heterocycles. The Labute approximate surface area is 118 Å². The second kappa shape index (κ2) is 6.04. The monoisotopic (exact) mass is 312 g/mol. The molecule has 2 rings (SSSR count). The lowest BCUT2D eigenvalue weighted by molar-refractivity contribution is 0.252. The Morgan fingerprint density at radius 3 is 2.61 bits per heavy atom. The Kier molecular flexibility index (Phi) is 4.65. The normalized spacial score (nSPS) is 18.0. The van der Waals surface area contributed by atoms with Gasteiger partial charge in [0.2, 0.25) is 0 Å². The minimum absolute atomic E-state index is 0.0941. The van der Waals surface area contributed by atoms with Gasteiger partial charge in [-0.05, 0) is 66.6 Å². The van der Waals surface area contributed by atoms with Crippen molar-refractivity contribution in [3.05, 3.63) is 28.2 Å². The Morgan fingerprint density at radius 1 is 1.39 bits per heavy atom. The van der Waals surface area contributed by atoms with Gasteiger partial charge >= 0.3 is 0 Å². The second-order valence-electron chi connectivity index (χ2n) is 5.09. The van der Waals surface area contributed by atoms with Crippen LogP contribution in [-0.4, -0.2) is 43.2 Å². The molecule has 100 valence electrons. The molecule has 1 fully saturated rings. The lowest BCUT2D eigenvalue weighted by Crippen LogP contribution is -2.42. The average Bonchev–Trinajstić information content (AvgIpc) is 2.38. The number of hydrogen-bond donors (Lipinski definition) is 1. The van der Waals surface area contributed by atoms with Gasteiger partial charge in [-0.25, -0.2) is 0 Å². The predicted octanol–water partition coefficient (Wildman–Crippen LogP) is 2.47. The fraction of sp³-hybridized carbons (Fsp3) is 0.571. The van der Waals surface area contributed by atoms with E-state index in [2.05, 4.69) is 45.9 Å². The molecule has 1 aromatic rings. The maximum Gasteiger partial charge on any atom is 0.0682 e. The third kappa shape index (κ3) is 3.05. The molecule has 0 spiro atoms. The van der Waals surface area contributed by atoms with Crippen molar-refractivity contribution in [2.75, 3.05) is 32.1 Å². The Bertz CT molecular complexity index is 403. The summed E-state index contributed by atoms with van der Waals surface area (Å²) >= 11 is 3.60. The summed E-state index contributed by atoms with van der Waals surface area (Å²) in [7, 11) is 4.34. The molecule has 1 aromatic carbocycles. The van der Waals surface area contributed by atoms with Gasteiger partial charge in [0.25, 0.3) is 0 Å². The molecule has 0 radical (unpaired) electrons. The first-order valence-electron chi connectivity index (χ1n) is 6.42. The lowest BCUT2D eigenvalue weighted by Gasteiger charge is -2.36. The summed E-state index contributed by atoms with van der Waals surface area (Å²) in [6, 6.07) is 6.69. The van der Waals surface area contributed by atoms with E-state index in [0.717, 1.165) is 10.0 Å². The number of aliphatic hydroxyl groups is 1. The highest BCUT2D eigenvalue weighted by atomic mass is 79.9. The van der Waals surface area contributed by atoms with Crippen LogP contribution in [-0.2, 0) is 6.61 Å². The maximum atomic E-state index is 9.13. The van der Waals surface area contributed by atoms with E-state index in [0.29, 0.717) is 6.04 Å². The molecular weight excluding hydrogens is 292 g/mol. The van der Waals surface area contributed by atoms with Gasteiger partial charge in [-0.3, -0.25) is 0 Å². The number of likely N-dealkylation sites (tertiary alicyclic amines) is 1. The first-order valence-corrected chi connectivity index (χ1v) is 7.21. The van der Waals surface area contributed by atoms with Crippen LogP contribution in [0, 0.1) is 0 Å². The smallest absolute Gasteiger partial charge is 0.0682 e. The number of halogens is 1. The number of aliphatic hydroxyl groups excluding tert-OH is 1. The molecule has 0 unspecified atom stereocenters. The molecule has 4 heteroatoms. The molecule has 1 saturated heterocycles. The molecule has 1 aliphatic heterocycles. The number of nitrogens with zero attached hydrogens (tertiary/aromatic N) is 2. The van der Waals surface area contributed by atoms with Crippen molar-refractivity contribution in [1.29, 1.82) is 0 Å². The van der Waals surface area contributed by atoms with Crippen molar-refractivity contribution in [1.82, 2.24) is 4.90 Å². The van der Waals surface area contributed by atoms with E-state index < -0.39 is 0 Å². The van der Waals surface area contributed by atoms with Crippen LogP contribution in [0.4, 0.5) is 5.69 Å². The number of benzene rings is 1. The highest BCUT2D eigenvalue weighted by Crippen LogP contribution is 2.30. The van der Waals surface area contributed by atoms with Gasteiger partial charge in [-0.2, -0.15) is 0 Å². The van der Waals surface area contributed by atoms with Crippen molar-refractivity contribution in [3.8, 4) is 0 Å². The molecule has 0 bridgehead atoms. The van der Waals surface area contributed by atoms with Crippen molar-refractivity contribution in [3.63, 3.8) is 0 Å². The number of rotatable bonds is 3. The topological polar surface area (TPSA) is 26.7 Å². The second-order valence-corrected chi connectivity index (χ2v) is 5.94. The SMILES string of the molecule is CN1CCC(N(C)c2ccc(CO)cc2Br)CC1. The fourth-order valence-electron chi connectivity index (χ4n) is 2.51. The zero-order chi connectivity index (χ0) is 13.1. The molecule has 1 N–H and O–H groups in total. The Hall–Kier alpha value is -0.580. The van der Waals surface area contributed by atoms with Crippen LogP contribution in [0.1, 0.15) is 18.4 Å². The largest absolute Gasteiger partial charge is 0.392 e. The molecule has 0 saturated carbocycles. The molecule has 0 atom stereocenters. The predicted molar refractivity (Wildman–Crippen MR) is 79.0 cm³/mol. The quantitative estimate of drug-likeness (QED) is 0.929. The third-order valence-electron chi connectivity index (χ3n) is 3.81. The van der Waals surface area contributed by atoms with Crippen LogP contribution in [0.2, 0.25) is 0 Å². The first-order chi connectivity index (χ1) is 8.61. The molecular formula is C14H21BrN2O. The van der Waals surface area contributed by atoms with E-state index in [-0.39, 0.29) is 6.61 Å². The third-order valence-corrected chi connectivity index (χ3v) is 4.45. The summed E-state index contributed by atoms with van der Waals surface area (Å²) in [6.07, 6.45) is 2.42. The highest BCUT2D eigenvalue weighted by Gasteiger charge is 2.21. The summed E-state index contributed by atoms with van der Waals surface area (Å²) in [4.78, 5) is 4.74. The van der Waals surface area contributed by atoms with E-state index in [1.165, 1.54) is 31.6 Å². The zero-order valence-corrected chi connectivity index (χ0v) is 12.7. The molecule has 1 aliphatic rings. The summed E-state index contributed by atoms with van der Waals surface area (Å²) in [5.41, 5.74) is 2.16. The standard InChI is InChI=1S/C14H21BrN2O/c1-16-7-5-12(6-8-16)17(2)14-4-3-11(10-18)9-13(14)15/h3-4,9,12,18H,5-8,10H2,1-2H3. The summed E-state index contributed by atoms with van der Waals surface area (Å²) in [5, 5.41) is 9.13. The van der Waals surface area contributed by atoms with E-state index in [1.807, 2.05) is 12.1 Å². The number of hydrogen-bond acceptors (Lipinski definition) is 3. The molecule has 3 nitrogen and oxygen atoms in total. The van der Waals surface area contributed by atoms with Crippen LogP contribution >= 0.6 is 15.9 Å². The zero-order valence-electron chi connectivity index (χ0n) is 11.1.